The van der Waals surface area contributed by atoms with Gasteiger partial charge in [0, 0.05) is 0 Å². The van der Waals surface area contributed by atoms with Gasteiger partial charge in [-0.25, -0.2) is 0 Å². The second kappa shape index (κ2) is 12.4. The standard InChI is InChI=1S/C14H20.2C2H6/c1-5-12(4)14(6-2)13-9-7-8-11(3)10-13;2*1-2/h5-6,10-11H,1-2,7-9H2,3-4H3;2*1-2H3/b14-12+;;. The van der Waals surface area contributed by atoms with E-state index in [4.69, 9.17) is 0 Å². The van der Waals surface area contributed by atoms with Gasteiger partial charge in [-0.2, -0.15) is 0 Å². The highest BCUT2D eigenvalue weighted by Gasteiger charge is 2.12. The van der Waals surface area contributed by atoms with Crippen LogP contribution >= 0.6 is 0 Å². The average Bonchev–Trinajstić information content (AvgIpc) is 2.44. The van der Waals surface area contributed by atoms with E-state index in [0.717, 1.165) is 0 Å². The lowest BCUT2D eigenvalue weighted by molar-refractivity contribution is 0.571. The van der Waals surface area contributed by atoms with E-state index in [0.29, 0.717) is 5.92 Å². The van der Waals surface area contributed by atoms with Crippen molar-refractivity contribution in [1.82, 2.24) is 0 Å². The molecular weight excluding hydrogens is 216 g/mol. The topological polar surface area (TPSA) is 0 Å². The molecule has 0 aromatic heterocycles. The van der Waals surface area contributed by atoms with Crippen LogP contribution in [0.15, 0.2) is 48.1 Å². The Morgan fingerprint density at radius 2 is 1.72 bits per heavy atom. The molecule has 18 heavy (non-hydrogen) atoms. The molecule has 0 aliphatic heterocycles. The van der Waals surface area contributed by atoms with Gasteiger partial charge >= 0.3 is 0 Å². The van der Waals surface area contributed by atoms with Crippen LogP contribution in [0.5, 0.6) is 0 Å². The molecule has 0 bridgehead atoms. The quantitative estimate of drug-likeness (QED) is 0.502. The maximum absolute atomic E-state index is 3.88. The minimum atomic E-state index is 0.714. The lowest BCUT2D eigenvalue weighted by atomic mass is 9.86. The van der Waals surface area contributed by atoms with E-state index in [1.54, 1.807) is 0 Å². The van der Waals surface area contributed by atoms with Crippen LogP contribution in [0, 0.1) is 5.92 Å². The molecule has 0 radical (unpaired) electrons. The summed E-state index contributed by atoms with van der Waals surface area (Å²) in [6, 6.07) is 0. The Morgan fingerprint density at radius 1 is 1.17 bits per heavy atom. The van der Waals surface area contributed by atoms with Crippen molar-refractivity contribution in [1.29, 1.82) is 0 Å². The molecule has 1 aliphatic carbocycles. The summed E-state index contributed by atoms with van der Waals surface area (Å²) < 4.78 is 0. The molecule has 0 N–H and O–H groups in total. The molecule has 0 spiro atoms. The summed E-state index contributed by atoms with van der Waals surface area (Å²) >= 11 is 0. The minimum absolute atomic E-state index is 0.714. The third kappa shape index (κ3) is 6.64. The van der Waals surface area contributed by atoms with Gasteiger partial charge < -0.3 is 0 Å². The molecule has 0 heterocycles. The molecule has 0 heteroatoms. The Kier molecular flexibility index (Phi) is 13.3. The van der Waals surface area contributed by atoms with Gasteiger partial charge in [0.2, 0.25) is 0 Å². The maximum atomic E-state index is 3.88. The van der Waals surface area contributed by atoms with Crippen molar-refractivity contribution >= 4 is 0 Å². The Morgan fingerprint density at radius 3 is 2.11 bits per heavy atom. The Labute approximate surface area is 115 Å². The molecule has 0 aromatic rings. The van der Waals surface area contributed by atoms with Gasteiger partial charge in [0.25, 0.3) is 0 Å². The third-order valence-corrected chi connectivity index (χ3v) is 2.87. The van der Waals surface area contributed by atoms with E-state index in [2.05, 4.69) is 33.1 Å². The summed E-state index contributed by atoms with van der Waals surface area (Å²) in [5.74, 6) is 0.714. The largest absolute Gasteiger partial charge is 0.0988 e. The summed E-state index contributed by atoms with van der Waals surface area (Å²) in [4.78, 5) is 0. The molecule has 1 aliphatic rings. The Bertz CT molecular complexity index is 289. The van der Waals surface area contributed by atoms with Gasteiger partial charge in [0.1, 0.15) is 0 Å². The van der Waals surface area contributed by atoms with Crippen LogP contribution in [-0.2, 0) is 0 Å². The maximum Gasteiger partial charge on any atom is -0.0204 e. The number of hydrogen-bond acceptors (Lipinski definition) is 0. The fourth-order valence-corrected chi connectivity index (χ4v) is 2.00. The van der Waals surface area contributed by atoms with Crippen LogP contribution in [0.1, 0.15) is 60.8 Å². The first-order chi connectivity index (χ1) is 8.69. The van der Waals surface area contributed by atoms with Crippen LogP contribution in [-0.4, -0.2) is 0 Å². The molecule has 0 saturated carbocycles. The number of rotatable bonds is 3. The molecule has 0 aromatic carbocycles. The molecule has 0 nitrogen and oxygen atoms in total. The fraction of sp³-hybridized carbons (Fsp3) is 0.556. The van der Waals surface area contributed by atoms with E-state index >= 15 is 0 Å². The highest BCUT2D eigenvalue weighted by Crippen LogP contribution is 2.29. The Hall–Kier alpha value is -1.04. The summed E-state index contributed by atoms with van der Waals surface area (Å²) in [6.07, 6.45) is 10.1. The van der Waals surface area contributed by atoms with Gasteiger partial charge in [0.15, 0.2) is 0 Å². The van der Waals surface area contributed by atoms with E-state index in [-0.39, 0.29) is 0 Å². The highest BCUT2D eigenvalue weighted by molar-refractivity contribution is 5.46. The summed E-state index contributed by atoms with van der Waals surface area (Å²) in [6.45, 7) is 20.1. The fourth-order valence-electron chi connectivity index (χ4n) is 2.00. The molecule has 1 atom stereocenters. The van der Waals surface area contributed by atoms with Crippen LogP contribution in [0.3, 0.4) is 0 Å². The highest BCUT2D eigenvalue weighted by atomic mass is 14.2. The normalized spacial score (nSPS) is 19.0. The van der Waals surface area contributed by atoms with E-state index < -0.39 is 0 Å². The minimum Gasteiger partial charge on any atom is -0.0988 e. The van der Waals surface area contributed by atoms with Crippen LogP contribution in [0.2, 0.25) is 0 Å². The second-order valence-electron chi connectivity index (χ2n) is 4.07. The van der Waals surface area contributed by atoms with Crippen molar-refractivity contribution in [3.8, 4) is 0 Å². The first-order valence-electron chi connectivity index (χ1n) is 7.36. The number of allylic oxidation sites excluding steroid dienone is 6. The Balaban J connectivity index is 0. The van der Waals surface area contributed by atoms with Crippen LogP contribution in [0.4, 0.5) is 0 Å². The van der Waals surface area contributed by atoms with Crippen molar-refractivity contribution in [3.05, 3.63) is 48.1 Å². The van der Waals surface area contributed by atoms with E-state index in [1.165, 1.54) is 36.0 Å². The first kappa shape index (κ1) is 19.3. The predicted octanol–water partition coefficient (Wildman–Crippen LogP) is 6.47. The molecular formula is C18H32. The summed E-state index contributed by atoms with van der Waals surface area (Å²) in [5, 5.41) is 0. The molecule has 0 amide bonds. The smallest absolute Gasteiger partial charge is 0.0204 e. The molecule has 0 fully saturated rings. The van der Waals surface area contributed by atoms with Crippen LogP contribution < -0.4 is 0 Å². The van der Waals surface area contributed by atoms with Gasteiger partial charge in [0.05, 0.1) is 0 Å². The zero-order valence-corrected chi connectivity index (χ0v) is 13.3. The third-order valence-electron chi connectivity index (χ3n) is 2.87. The summed E-state index contributed by atoms with van der Waals surface area (Å²) in [5.41, 5.74) is 3.98. The van der Waals surface area contributed by atoms with Crippen molar-refractivity contribution in [2.75, 3.05) is 0 Å². The zero-order valence-electron chi connectivity index (χ0n) is 13.3. The molecule has 1 rings (SSSR count). The first-order valence-corrected chi connectivity index (χ1v) is 7.36. The average molecular weight is 248 g/mol. The van der Waals surface area contributed by atoms with Gasteiger partial charge in [-0.15, -0.1) is 0 Å². The van der Waals surface area contributed by atoms with Gasteiger partial charge in [-0.3, -0.25) is 0 Å². The van der Waals surface area contributed by atoms with Crippen molar-refractivity contribution in [2.24, 2.45) is 5.92 Å². The van der Waals surface area contributed by atoms with Crippen LogP contribution in [0.25, 0.3) is 0 Å². The molecule has 0 saturated heterocycles. The monoisotopic (exact) mass is 248 g/mol. The molecule has 104 valence electrons. The SMILES string of the molecule is C=C/C(C)=C(\C=C)C1=CC(C)CCC1.CC.CC. The van der Waals surface area contributed by atoms with E-state index in [1.807, 2.05) is 39.8 Å². The van der Waals surface area contributed by atoms with Gasteiger partial charge in [-0.1, -0.05) is 66.0 Å². The van der Waals surface area contributed by atoms with Gasteiger partial charge in [-0.05, 0) is 48.8 Å². The predicted molar refractivity (Wildman–Crippen MR) is 86.9 cm³/mol. The van der Waals surface area contributed by atoms with Crippen molar-refractivity contribution in [2.45, 2.75) is 60.8 Å². The zero-order chi connectivity index (χ0) is 14.6. The van der Waals surface area contributed by atoms with Crippen molar-refractivity contribution < 1.29 is 0 Å². The lowest BCUT2D eigenvalue weighted by Crippen LogP contribution is -2.02. The lowest BCUT2D eigenvalue weighted by Gasteiger charge is -2.19. The number of hydrogen-bond donors (Lipinski definition) is 0. The molecule has 1 unspecified atom stereocenters. The second-order valence-corrected chi connectivity index (χ2v) is 4.07. The van der Waals surface area contributed by atoms with E-state index in [9.17, 15) is 0 Å². The van der Waals surface area contributed by atoms with Crippen molar-refractivity contribution in [3.63, 3.8) is 0 Å². The summed E-state index contributed by atoms with van der Waals surface area (Å²) in [7, 11) is 0.